The summed E-state index contributed by atoms with van der Waals surface area (Å²) in [6, 6.07) is 7.12. The first-order valence-corrected chi connectivity index (χ1v) is 8.46. The summed E-state index contributed by atoms with van der Waals surface area (Å²) in [5, 5.41) is 3.34. The predicted molar refractivity (Wildman–Crippen MR) is 90.0 cm³/mol. The quantitative estimate of drug-likeness (QED) is 0.918. The fourth-order valence-electron chi connectivity index (χ4n) is 3.95. The van der Waals surface area contributed by atoms with Crippen LogP contribution in [0.15, 0.2) is 18.2 Å². The molecule has 1 aromatic rings. The molecule has 0 amide bonds. The smallest absolute Gasteiger partial charge is 0.0396 e. The Kier molecular flexibility index (Phi) is 4.81. The summed E-state index contributed by atoms with van der Waals surface area (Å²) < 4.78 is 0. The summed E-state index contributed by atoms with van der Waals surface area (Å²) in [5.41, 5.74) is 4.48. The topological polar surface area (TPSA) is 18.5 Å². The van der Waals surface area contributed by atoms with Gasteiger partial charge in [0.25, 0.3) is 0 Å². The molecular weight excluding hydrogens is 258 g/mol. The molecule has 1 aromatic carbocycles. The van der Waals surface area contributed by atoms with Crippen molar-refractivity contribution in [1.82, 2.24) is 10.2 Å². The molecule has 1 saturated heterocycles. The van der Waals surface area contributed by atoms with Gasteiger partial charge in [-0.1, -0.05) is 12.1 Å². The summed E-state index contributed by atoms with van der Waals surface area (Å²) in [4.78, 5) is 5.03. The van der Waals surface area contributed by atoms with Crippen molar-refractivity contribution in [2.75, 3.05) is 45.2 Å². The third-order valence-corrected chi connectivity index (χ3v) is 5.00. The summed E-state index contributed by atoms with van der Waals surface area (Å²) in [6.45, 7) is 5.99. The Morgan fingerprint density at radius 2 is 2.14 bits per heavy atom. The van der Waals surface area contributed by atoms with Crippen LogP contribution in [0.1, 0.15) is 30.4 Å². The fraction of sp³-hybridized carbons (Fsp3) is 0.667. The summed E-state index contributed by atoms with van der Waals surface area (Å²) >= 11 is 0. The lowest BCUT2D eigenvalue weighted by atomic mass is 9.96. The van der Waals surface area contributed by atoms with Crippen molar-refractivity contribution in [3.05, 3.63) is 29.3 Å². The molecular formula is C18H29N3. The Bertz CT molecular complexity index is 470. The first-order chi connectivity index (χ1) is 10.3. The van der Waals surface area contributed by atoms with E-state index < -0.39 is 0 Å². The van der Waals surface area contributed by atoms with Gasteiger partial charge >= 0.3 is 0 Å². The average molecular weight is 287 g/mol. The van der Waals surface area contributed by atoms with Crippen LogP contribution in [0.2, 0.25) is 0 Å². The molecule has 2 aliphatic heterocycles. The molecule has 2 heterocycles. The number of anilines is 1. The van der Waals surface area contributed by atoms with E-state index in [1.807, 2.05) is 0 Å². The summed E-state index contributed by atoms with van der Waals surface area (Å²) in [7, 11) is 4.28. The molecule has 3 heteroatoms. The molecule has 0 radical (unpaired) electrons. The molecule has 0 bridgehead atoms. The lowest BCUT2D eigenvalue weighted by Crippen LogP contribution is -2.38. The molecule has 0 aromatic heterocycles. The van der Waals surface area contributed by atoms with Crippen LogP contribution in [-0.4, -0.2) is 45.2 Å². The molecule has 0 spiro atoms. The van der Waals surface area contributed by atoms with Gasteiger partial charge in [0, 0.05) is 32.4 Å². The Morgan fingerprint density at radius 3 is 3.00 bits per heavy atom. The third kappa shape index (κ3) is 3.58. The maximum atomic E-state index is 3.34. The number of fused-ring (bicyclic) bond motifs is 1. The molecule has 1 atom stereocenters. The minimum atomic E-state index is 0.826. The summed E-state index contributed by atoms with van der Waals surface area (Å²) in [6.07, 6.45) is 5.27. The normalized spacial score (nSPS) is 23.1. The highest BCUT2D eigenvalue weighted by molar-refractivity contribution is 5.56. The number of likely N-dealkylation sites (tertiary alicyclic amines) is 1. The standard InChI is InChI=1S/C18H29N3/c1-19-12-16-5-3-10-21(14-16)13-15-7-8-18-17(11-15)6-4-9-20(18)2/h7-8,11,16,19H,3-6,9-10,12-14H2,1-2H3. The van der Waals surface area contributed by atoms with Crippen molar-refractivity contribution in [2.24, 2.45) is 5.92 Å². The Labute approximate surface area is 129 Å². The number of rotatable bonds is 4. The van der Waals surface area contributed by atoms with Crippen molar-refractivity contribution in [2.45, 2.75) is 32.2 Å². The molecule has 2 aliphatic rings. The van der Waals surface area contributed by atoms with Crippen molar-refractivity contribution in [3.8, 4) is 0 Å². The van der Waals surface area contributed by atoms with Gasteiger partial charge in [-0.25, -0.2) is 0 Å². The number of aryl methyl sites for hydroxylation is 1. The molecule has 21 heavy (non-hydrogen) atoms. The number of hydrogen-bond donors (Lipinski definition) is 1. The van der Waals surface area contributed by atoms with Gasteiger partial charge in [-0.2, -0.15) is 0 Å². The maximum Gasteiger partial charge on any atom is 0.0396 e. The minimum absolute atomic E-state index is 0.826. The Morgan fingerprint density at radius 1 is 1.24 bits per heavy atom. The molecule has 1 N–H and O–H groups in total. The van der Waals surface area contributed by atoms with E-state index in [0.29, 0.717) is 0 Å². The first kappa shape index (κ1) is 14.9. The van der Waals surface area contributed by atoms with Gasteiger partial charge in [-0.05, 0) is 68.9 Å². The number of hydrogen-bond acceptors (Lipinski definition) is 3. The zero-order valence-corrected chi connectivity index (χ0v) is 13.6. The first-order valence-electron chi connectivity index (χ1n) is 8.46. The minimum Gasteiger partial charge on any atom is -0.374 e. The van der Waals surface area contributed by atoms with Gasteiger partial charge in [-0.3, -0.25) is 4.90 Å². The molecule has 0 aliphatic carbocycles. The second-order valence-electron chi connectivity index (χ2n) is 6.79. The van der Waals surface area contributed by atoms with E-state index in [4.69, 9.17) is 0 Å². The molecule has 0 saturated carbocycles. The highest BCUT2D eigenvalue weighted by Crippen LogP contribution is 2.27. The maximum absolute atomic E-state index is 3.34. The lowest BCUT2D eigenvalue weighted by molar-refractivity contribution is 0.167. The molecule has 116 valence electrons. The van der Waals surface area contributed by atoms with Gasteiger partial charge in [0.1, 0.15) is 0 Å². The van der Waals surface area contributed by atoms with Crippen LogP contribution in [0.4, 0.5) is 5.69 Å². The highest BCUT2D eigenvalue weighted by Gasteiger charge is 2.20. The van der Waals surface area contributed by atoms with E-state index in [0.717, 1.165) is 19.0 Å². The van der Waals surface area contributed by atoms with E-state index in [1.165, 1.54) is 56.6 Å². The van der Waals surface area contributed by atoms with Crippen LogP contribution in [-0.2, 0) is 13.0 Å². The fourth-order valence-corrected chi connectivity index (χ4v) is 3.95. The third-order valence-electron chi connectivity index (χ3n) is 5.00. The second-order valence-corrected chi connectivity index (χ2v) is 6.79. The zero-order chi connectivity index (χ0) is 14.7. The summed E-state index contributed by atoms with van der Waals surface area (Å²) in [5.74, 6) is 0.826. The largest absolute Gasteiger partial charge is 0.374 e. The number of piperidine rings is 1. The van der Waals surface area contributed by atoms with E-state index in [-0.39, 0.29) is 0 Å². The van der Waals surface area contributed by atoms with E-state index in [9.17, 15) is 0 Å². The SMILES string of the molecule is CNCC1CCCN(Cc2ccc3c(c2)CCCN3C)C1. The van der Waals surface area contributed by atoms with Crippen molar-refractivity contribution in [3.63, 3.8) is 0 Å². The molecule has 1 unspecified atom stereocenters. The van der Waals surface area contributed by atoms with Crippen LogP contribution in [0, 0.1) is 5.92 Å². The van der Waals surface area contributed by atoms with E-state index >= 15 is 0 Å². The second kappa shape index (κ2) is 6.80. The van der Waals surface area contributed by atoms with Crippen LogP contribution in [0.3, 0.4) is 0 Å². The number of benzene rings is 1. The number of nitrogens with zero attached hydrogens (tertiary/aromatic N) is 2. The molecule has 3 rings (SSSR count). The predicted octanol–water partition coefficient (Wildman–Crippen LogP) is 2.50. The lowest BCUT2D eigenvalue weighted by Gasteiger charge is -2.33. The average Bonchev–Trinajstić information content (AvgIpc) is 2.48. The van der Waals surface area contributed by atoms with Gasteiger partial charge in [0.2, 0.25) is 0 Å². The van der Waals surface area contributed by atoms with Gasteiger partial charge < -0.3 is 10.2 Å². The van der Waals surface area contributed by atoms with Crippen molar-refractivity contribution >= 4 is 5.69 Å². The van der Waals surface area contributed by atoms with E-state index in [1.54, 1.807) is 5.56 Å². The molecule has 3 nitrogen and oxygen atoms in total. The van der Waals surface area contributed by atoms with Crippen LogP contribution >= 0.6 is 0 Å². The Balaban J connectivity index is 1.65. The van der Waals surface area contributed by atoms with Crippen LogP contribution in [0.5, 0.6) is 0 Å². The van der Waals surface area contributed by atoms with Crippen molar-refractivity contribution in [1.29, 1.82) is 0 Å². The Hall–Kier alpha value is -1.06. The van der Waals surface area contributed by atoms with Crippen LogP contribution < -0.4 is 10.2 Å². The highest BCUT2D eigenvalue weighted by atomic mass is 15.1. The van der Waals surface area contributed by atoms with Crippen molar-refractivity contribution < 1.29 is 0 Å². The van der Waals surface area contributed by atoms with Crippen LogP contribution in [0.25, 0.3) is 0 Å². The monoisotopic (exact) mass is 287 g/mol. The van der Waals surface area contributed by atoms with Gasteiger partial charge in [0.05, 0.1) is 0 Å². The van der Waals surface area contributed by atoms with E-state index in [2.05, 4.69) is 47.4 Å². The number of nitrogens with one attached hydrogen (secondary N) is 1. The van der Waals surface area contributed by atoms with Gasteiger partial charge in [0.15, 0.2) is 0 Å². The molecule has 1 fully saturated rings. The zero-order valence-electron chi connectivity index (χ0n) is 13.6. The van der Waals surface area contributed by atoms with Gasteiger partial charge in [-0.15, -0.1) is 0 Å².